The maximum absolute atomic E-state index is 12.9. The predicted octanol–water partition coefficient (Wildman–Crippen LogP) is 2.92. The summed E-state index contributed by atoms with van der Waals surface area (Å²) < 4.78 is 10.7. The third kappa shape index (κ3) is 5.79. The fourth-order valence-electron chi connectivity index (χ4n) is 3.98. The van der Waals surface area contributed by atoms with Gasteiger partial charge in [0.25, 0.3) is 5.91 Å². The Bertz CT molecular complexity index is 749. The summed E-state index contributed by atoms with van der Waals surface area (Å²) in [7, 11) is 1.32. The van der Waals surface area contributed by atoms with Crippen LogP contribution < -0.4 is 5.32 Å². The van der Waals surface area contributed by atoms with E-state index in [4.69, 9.17) is 9.47 Å². The second kappa shape index (κ2) is 10.4. The van der Waals surface area contributed by atoms with E-state index in [1.807, 2.05) is 26.8 Å². The zero-order chi connectivity index (χ0) is 21.4. The van der Waals surface area contributed by atoms with Gasteiger partial charge in [0, 0.05) is 0 Å². The number of hydrogen-bond acceptors (Lipinski definition) is 5. The van der Waals surface area contributed by atoms with Gasteiger partial charge in [0.1, 0.15) is 5.92 Å². The lowest BCUT2D eigenvalue weighted by Gasteiger charge is -2.42. The molecule has 0 bridgehead atoms. The van der Waals surface area contributed by atoms with Crippen molar-refractivity contribution < 1.29 is 28.3 Å². The Hall–Kier alpha value is -2.41. The first-order valence-electron chi connectivity index (χ1n) is 10.3. The summed E-state index contributed by atoms with van der Waals surface area (Å²) in [6.07, 6.45) is 2.48. The zero-order valence-electron chi connectivity index (χ0n) is 18.0. The van der Waals surface area contributed by atoms with Gasteiger partial charge in [-0.05, 0) is 44.7 Å². The molecule has 1 aliphatic rings. The van der Waals surface area contributed by atoms with E-state index in [0.717, 1.165) is 37.9 Å². The summed E-state index contributed by atoms with van der Waals surface area (Å²) in [6, 6.07) is 5.24. The van der Waals surface area contributed by atoms with Crippen molar-refractivity contribution in [2.24, 2.45) is 5.92 Å². The van der Waals surface area contributed by atoms with Gasteiger partial charge in [0.05, 0.1) is 44.6 Å². The van der Waals surface area contributed by atoms with Crippen molar-refractivity contribution in [3.05, 3.63) is 29.3 Å². The molecule has 1 N–H and O–H groups in total. The summed E-state index contributed by atoms with van der Waals surface area (Å²) in [6.45, 7) is 8.74. The number of nitrogens with zero attached hydrogens (tertiary/aromatic N) is 1. The summed E-state index contributed by atoms with van der Waals surface area (Å²) in [5.41, 5.74) is 1.61. The largest absolute Gasteiger partial charge is 0.465 e. The molecular formula is C22H33N2O5+. The molecular weight excluding hydrogens is 372 g/mol. The number of piperidine rings is 1. The van der Waals surface area contributed by atoms with Gasteiger partial charge in [0.15, 0.2) is 6.54 Å². The molecule has 1 aliphatic heterocycles. The number of rotatable bonds is 8. The molecule has 7 nitrogen and oxygen atoms in total. The van der Waals surface area contributed by atoms with Gasteiger partial charge < -0.3 is 19.3 Å². The number of aryl methyl sites for hydroxylation is 1. The van der Waals surface area contributed by atoms with Crippen LogP contribution in [0.5, 0.6) is 0 Å². The highest BCUT2D eigenvalue weighted by Crippen LogP contribution is 2.26. The van der Waals surface area contributed by atoms with Crippen LogP contribution >= 0.6 is 0 Å². The van der Waals surface area contributed by atoms with Crippen LogP contribution in [0.1, 0.15) is 49.0 Å². The Morgan fingerprint density at radius 1 is 1.24 bits per heavy atom. The van der Waals surface area contributed by atoms with E-state index >= 15 is 0 Å². The zero-order valence-corrected chi connectivity index (χ0v) is 18.0. The minimum Gasteiger partial charge on any atom is -0.465 e. The molecule has 2 unspecified atom stereocenters. The maximum Gasteiger partial charge on any atom is 0.339 e. The molecule has 0 aromatic heterocycles. The van der Waals surface area contributed by atoms with Crippen molar-refractivity contribution in [3.63, 3.8) is 0 Å². The SMILES string of the molecule is CCCOC(=O)C1CCC[N+](CC)(CC(=O)Nc2c(C)cccc2C(=O)OC)C1. The average Bonchev–Trinajstić information content (AvgIpc) is 2.72. The first-order valence-corrected chi connectivity index (χ1v) is 10.3. The summed E-state index contributed by atoms with van der Waals surface area (Å²) in [4.78, 5) is 37.3. The van der Waals surface area contributed by atoms with Crippen LogP contribution in [0.15, 0.2) is 18.2 Å². The monoisotopic (exact) mass is 405 g/mol. The molecule has 0 radical (unpaired) electrons. The molecule has 0 saturated carbocycles. The van der Waals surface area contributed by atoms with Crippen LogP contribution in [0.25, 0.3) is 0 Å². The molecule has 160 valence electrons. The van der Waals surface area contributed by atoms with Crippen molar-refractivity contribution >= 4 is 23.5 Å². The number of amides is 1. The molecule has 2 atom stereocenters. The quantitative estimate of drug-likeness (QED) is 0.531. The van der Waals surface area contributed by atoms with E-state index in [-0.39, 0.29) is 24.3 Å². The third-order valence-electron chi connectivity index (χ3n) is 5.67. The van der Waals surface area contributed by atoms with Crippen molar-refractivity contribution in [1.29, 1.82) is 0 Å². The number of methoxy groups -OCH3 is 1. The van der Waals surface area contributed by atoms with Crippen LogP contribution in [-0.2, 0) is 19.1 Å². The Kier molecular flexibility index (Phi) is 8.20. The lowest BCUT2D eigenvalue weighted by molar-refractivity contribution is -0.925. The molecule has 1 saturated heterocycles. The van der Waals surface area contributed by atoms with Gasteiger partial charge in [-0.3, -0.25) is 9.59 Å². The number of hydrogen-bond donors (Lipinski definition) is 1. The van der Waals surface area contributed by atoms with Crippen molar-refractivity contribution in [1.82, 2.24) is 0 Å². The minimum atomic E-state index is -0.486. The van der Waals surface area contributed by atoms with Gasteiger partial charge in [-0.15, -0.1) is 0 Å². The predicted molar refractivity (Wildman–Crippen MR) is 111 cm³/mol. The number of esters is 2. The normalized spacial score (nSPS) is 21.3. The Balaban J connectivity index is 2.12. The summed E-state index contributed by atoms with van der Waals surface area (Å²) in [5.74, 6) is -0.990. The van der Waals surface area contributed by atoms with Gasteiger partial charge in [-0.25, -0.2) is 4.79 Å². The standard InChI is InChI=1S/C22H32N2O5/c1-5-13-29-21(26)17-10-8-12-24(6-2,14-17)15-19(25)23-20-16(3)9-7-11-18(20)22(27)28-4/h7,9,11,17H,5-6,8,10,12-15H2,1-4H3/p+1. The highest BCUT2D eigenvalue weighted by Gasteiger charge is 2.39. The number of carbonyl (C=O) groups is 3. The van der Waals surface area contributed by atoms with Gasteiger partial charge in [-0.1, -0.05) is 19.1 Å². The Morgan fingerprint density at radius 3 is 2.66 bits per heavy atom. The lowest BCUT2D eigenvalue weighted by Crippen LogP contribution is -2.58. The second-order valence-electron chi connectivity index (χ2n) is 7.77. The number of quaternary nitrogens is 1. The number of para-hydroxylation sites is 1. The first kappa shape index (κ1) is 22.9. The molecule has 0 spiro atoms. The molecule has 2 rings (SSSR count). The van der Waals surface area contributed by atoms with E-state index in [9.17, 15) is 14.4 Å². The van der Waals surface area contributed by atoms with E-state index in [1.165, 1.54) is 7.11 Å². The number of benzene rings is 1. The van der Waals surface area contributed by atoms with Crippen LogP contribution in [0.2, 0.25) is 0 Å². The topological polar surface area (TPSA) is 81.7 Å². The molecule has 0 aliphatic carbocycles. The van der Waals surface area contributed by atoms with Crippen molar-refractivity contribution in [2.45, 2.75) is 40.0 Å². The second-order valence-corrected chi connectivity index (χ2v) is 7.77. The van der Waals surface area contributed by atoms with Crippen molar-refractivity contribution in [3.8, 4) is 0 Å². The number of likely N-dealkylation sites (N-methyl/N-ethyl adjacent to an activating group) is 1. The molecule has 1 aromatic carbocycles. The fraction of sp³-hybridized carbons (Fsp3) is 0.591. The Labute approximate surface area is 172 Å². The molecule has 29 heavy (non-hydrogen) atoms. The Morgan fingerprint density at radius 2 is 2.00 bits per heavy atom. The average molecular weight is 406 g/mol. The summed E-state index contributed by atoms with van der Waals surface area (Å²) >= 11 is 0. The van der Waals surface area contributed by atoms with Crippen LogP contribution in [0.3, 0.4) is 0 Å². The lowest BCUT2D eigenvalue weighted by atomic mass is 9.95. The van der Waals surface area contributed by atoms with Crippen LogP contribution in [0, 0.1) is 12.8 Å². The van der Waals surface area contributed by atoms with Crippen LogP contribution in [0.4, 0.5) is 5.69 Å². The smallest absolute Gasteiger partial charge is 0.339 e. The fourth-order valence-corrected chi connectivity index (χ4v) is 3.98. The molecule has 1 aromatic rings. The minimum absolute atomic E-state index is 0.158. The number of nitrogens with one attached hydrogen (secondary N) is 1. The molecule has 1 heterocycles. The van der Waals surface area contributed by atoms with E-state index in [0.29, 0.717) is 28.9 Å². The maximum atomic E-state index is 12.9. The molecule has 1 amide bonds. The highest BCUT2D eigenvalue weighted by molar-refractivity contribution is 6.02. The van der Waals surface area contributed by atoms with Crippen LogP contribution in [-0.4, -0.2) is 62.2 Å². The third-order valence-corrected chi connectivity index (χ3v) is 5.67. The molecule has 7 heteroatoms. The van der Waals surface area contributed by atoms with Gasteiger partial charge in [-0.2, -0.15) is 0 Å². The highest BCUT2D eigenvalue weighted by atomic mass is 16.5. The van der Waals surface area contributed by atoms with Gasteiger partial charge >= 0.3 is 11.9 Å². The molecule has 1 fully saturated rings. The number of anilines is 1. The van der Waals surface area contributed by atoms with Crippen molar-refractivity contribution in [2.75, 3.05) is 45.2 Å². The summed E-state index contributed by atoms with van der Waals surface area (Å²) in [5, 5.41) is 2.91. The number of carbonyl (C=O) groups excluding carboxylic acids is 3. The van der Waals surface area contributed by atoms with E-state index in [2.05, 4.69) is 5.32 Å². The van der Waals surface area contributed by atoms with Gasteiger partial charge in [0.2, 0.25) is 0 Å². The van der Waals surface area contributed by atoms with E-state index < -0.39 is 5.97 Å². The number of likely N-dealkylation sites (tertiary alicyclic amines) is 1. The first-order chi connectivity index (χ1) is 13.9. The number of ether oxygens (including phenoxy) is 2. The van der Waals surface area contributed by atoms with E-state index in [1.54, 1.807) is 12.1 Å².